The predicted octanol–water partition coefficient (Wildman–Crippen LogP) is 0.927. The Labute approximate surface area is 116 Å². The lowest BCUT2D eigenvalue weighted by Gasteiger charge is -2.31. The van der Waals surface area contributed by atoms with Crippen LogP contribution < -0.4 is 16.2 Å². The van der Waals surface area contributed by atoms with Crippen LogP contribution in [0.25, 0.3) is 0 Å². The number of fused-ring (bicyclic) bond motifs is 1. The first-order valence-corrected chi connectivity index (χ1v) is 6.60. The molecule has 3 N–H and O–H groups in total. The fourth-order valence-corrected chi connectivity index (χ4v) is 2.57. The smallest absolute Gasteiger partial charge is 0.271 e. The molecule has 0 amide bonds. The van der Waals surface area contributed by atoms with E-state index >= 15 is 0 Å². The van der Waals surface area contributed by atoms with Gasteiger partial charge in [-0.25, -0.2) is 9.97 Å². The van der Waals surface area contributed by atoms with Crippen molar-refractivity contribution in [1.82, 2.24) is 15.0 Å². The highest BCUT2D eigenvalue weighted by atomic mass is 16.1. The SMILES string of the molecule is Cc1ncc2c(n1)CN(c1c[nH]c(=O)c(N)c1C)CC2. The number of nitrogen functional groups attached to an aromatic ring is 1. The number of rotatable bonds is 1. The average Bonchev–Trinajstić information content (AvgIpc) is 2.44. The van der Waals surface area contributed by atoms with Crippen molar-refractivity contribution in [3.63, 3.8) is 0 Å². The molecule has 6 heteroatoms. The summed E-state index contributed by atoms with van der Waals surface area (Å²) in [5.41, 5.74) is 9.89. The Morgan fingerprint density at radius 2 is 2.20 bits per heavy atom. The van der Waals surface area contributed by atoms with E-state index in [2.05, 4.69) is 19.9 Å². The Kier molecular flexibility index (Phi) is 2.93. The second-order valence-electron chi connectivity index (χ2n) is 5.10. The largest absolute Gasteiger partial charge is 0.394 e. The van der Waals surface area contributed by atoms with E-state index in [0.717, 1.165) is 35.7 Å². The summed E-state index contributed by atoms with van der Waals surface area (Å²) in [7, 11) is 0. The number of hydrogen-bond donors (Lipinski definition) is 2. The zero-order valence-electron chi connectivity index (χ0n) is 11.6. The van der Waals surface area contributed by atoms with E-state index < -0.39 is 0 Å². The third kappa shape index (κ3) is 2.03. The lowest BCUT2D eigenvalue weighted by molar-refractivity contribution is 0.695. The normalized spacial score (nSPS) is 14.2. The number of anilines is 2. The van der Waals surface area contributed by atoms with Crippen LogP contribution in [0.4, 0.5) is 11.4 Å². The van der Waals surface area contributed by atoms with Crippen LogP contribution in [0, 0.1) is 13.8 Å². The molecule has 3 heterocycles. The van der Waals surface area contributed by atoms with Crippen LogP contribution in [0.1, 0.15) is 22.6 Å². The Morgan fingerprint density at radius 3 is 3.00 bits per heavy atom. The molecule has 0 atom stereocenters. The number of H-pyrrole nitrogens is 1. The molecule has 20 heavy (non-hydrogen) atoms. The van der Waals surface area contributed by atoms with Gasteiger partial charge in [-0.15, -0.1) is 0 Å². The van der Waals surface area contributed by atoms with Gasteiger partial charge in [-0.1, -0.05) is 0 Å². The first-order chi connectivity index (χ1) is 9.56. The predicted molar refractivity (Wildman–Crippen MR) is 77.7 cm³/mol. The number of aromatic amines is 1. The van der Waals surface area contributed by atoms with Crippen LogP contribution in [-0.2, 0) is 13.0 Å². The molecule has 3 rings (SSSR count). The van der Waals surface area contributed by atoms with Crippen LogP contribution in [0.5, 0.6) is 0 Å². The molecule has 104 valence electrons. The van der Waals surface area contributed by atoms with Crippen molar-refractivity contribution in [2.24, 2.45) is 0 Å². The molecule has 0 unspecified atom stereocenters. The van der Waals surface area contributed by atoms with Crippen molar-refractivity contribution < 1.29 is 0 Å². The molecule has 2 aromatic heterocycles. The summed E-state index contributed by atoms with van der Waals surface area (Å²) in [6.45, 7) is 5.35. The van der Waals surface area contributed by atoms with Gasteiger partial charge < -0.3 is 15.6 Å². The molecule has 1 aliphatic heterocycles. The van der Waals surface area contributed by atoms with Gasteiger partial charge in [0.15, 0.2) is 0 Å². The summed E-state index contributed by atoms with van der Waals surface area (Å²) in [4.78, 5) is 25.1. The molecule has 0 bridgehead atoms. The topological polar surface area (TPSA) is 87.9 Å². The molecule has 0 aliphatic carbocycles. The van der Waals surface area contributed by atoms with E-state index in [4.69, 9.17) is 5.73 Å². The lowest BCUT2D eigenvalue weighted by Crippen LogP contribution is -2.33. The average molecular weight is 271 g/mol. The number of nitrogens with two attached hydrogens (primary N) is 1. The van der Waals surface area contributed by atoms with Gasteiger partial charge in [0.25, 0.3) is 5.56 Å². The van der Waals surface area contributed by atoms with Crippen LogP contribution in [0.2, 0.25) is 0 Å². The second kappa shape index (κ2) is 4.63. The molecule has 0 saturated heterocycles. The molecule has 6 nitrogen and oxygen atoms in total. The standard InChI is InChI=1S/C14H17N5O/c1-8-12(6-17-14(20)13(8)15)19-4-3-10-5-16-9(2)18-11(10)7-19/h5-6H,3-4,7,15H2,1-2H3,(H,17,20). The molecule has 0 spiro atoms. The van der Waals surface area contributed by atoms with Crippen LogP contribution >= 0.6 is 0 Å². The van der Waals surface area contributed by atoms with Gasteiger partial charge >= 0.3 is 0 Å². The Bertz CT molecular complexity index is 722. The van der Waals surface area contributed by atoms with Crippen molar-refractivity contribution in [3.8, 4) is 0 Å². The van der Waals surface area contributed by atoms with Gasteiger partial charge in [-0.3, -0.25) is 4.79 Å². The molecule has 0 aromatic carbocycles. The molecular weight excluding hydrogens is 254 g/mol. The zero-order chi connectivity index (χ0) is 14.3. The third-order valence-corrected chi connectivity index (χ3v) is 3.78. The fourth-order valence-electron chi connectivity index (χ4n) is 2.57. The Balaban J connectivity index is 1.98. The number of nitrogens with one attached hydrogen (secondary N) is 1. The van der Waals surface area contributed by atoms with Crippen molar-refractivity contribution in [2.45, 2.75) is 26.8 Å². The molecule has 0 saturated carbocycles. The molecule has 0 radical (unpaired) electrons. The van der Waals surface area contributed by atoms with E-state index in [1.54, 1.807) is 6.20 Å². The van der Waals surface area contributed by atoms with E-state index in [0.29, 0.717) is 6.54 Å². The van der Waals surface area contributed by atoms with Crippen molar-refractivity contribution in [1.29, 1.82) is 0 Å². The highest BCUT2D eigenvalue weighted by molar-refractivity contribution is 5.62. The number of aryl methyl sites for hydroxylation is 1. The zero-order valence-corrected chi connectivity index (χ0v) is 11.6. The van der Waals surface area contributed by atoms with Crippen molar-refractivity contribution in [2.75, 3.05) is 17.2 Å². The summed E-state index contributed by atoms with van der Waals surface area (Å²) < 4.78 is 0. The monoisotopic (exact) mass is 271 g/mol. The van der Waals surface area contributed by atoms with Gasteiger partial charge in [0.2, 0.25) is 0 Å². The Morgan fingerprint density at radius 1 is 1.40 bits per heavy atom. The summed E-state index contributed by atoms with van der Waals surface area (Å²) in [5.74, 6) is 0.781. The minimum Gasteiger partial charge on any atom is -0.394 e. The summed E-state index contributed by atoms with van der Waals surface area (Å²) in [5, 5.41) is 0. The highest BCUT2D eigenvalue weighted by Gasteiger charge is 2.20. The summed E-state index contributed by atoms with van der Waals surface area (Å²) >= 11 is 0. The van der Waals surface area contributed by atoms with Crippen LogP contribution in [-0.4, -0.2) is 21.5 Å². The number of nitrogens with zero attached hydrogens (tertiary/aromatic N) is 3. The molecule has 1 aliphatic rings. The van der Waals surface area contributed by atoms with Gasteiger partial charge in [0, 0.05) is 24.5 Å². The van der Waals surface area contributed by atoms with E-state index in [-0.39, 0.29) is 11.2 Å². The first kappa shape index (κ1) is 12.7. The van der Waals surface area contributed by atoms with E-state index in [1.165, 1.54) is 5.56 Å². The Hall–Kier alpha value is -2.37. The molecule has 2 aromatic rings. The highest BCUT2D eigenvalue weighted by Crippen LogP contribution is 2.26. The molecule has 0 fully saturated rings. The first-order valence-electron chi connectivity index (χ1n) is 6.60. The maximum atomic E-state index is 11.5. The van der Waals surface area contributed by atoms with Gasteiger partial charge in [-0.05, 0) is 25.8 Å². The van der Waals surface area contributed by atoms with E-state index in [9.17, 15) is 4.79 Å². The minimum atomic E-state index is -0.234. The second-order valence-corrected chi connectivity index (χ2v) is 5.10. The van der Waals surface area contributed by atoms with Gasteiger partial charge in [0.05, 0.1) is 17.9 Å². The third-order valence-electron chi connectivity index (χ3n) is 3.78. The van der Waals surface area contributed by atoms with Crippen LogP contribution in [0.3, 0.4) is 0 Å². The van der Waals surface area contributed by atoms with Gasteiger partial charge in [0.1, 0.15) is 11.5 Å². The van der Waals surface area contributed by atoms with E-state index in [1.807, 2.05) is 20.0 Å². The van der Waals surface area contributed by atoms with Crippen molar-refractivity contribution >= 4 is 11.4 Å². The molecular formula is C14H17N5O. The summed E-state index contributed by atoms with van der Waals surface area (Å²) in [6.07, 6.45) is 4.53. The van der Waals surface area contributed by atoms with Gasteiger partial charge in [-0.2, -0.15) is 0 Å². The maximum Gasteiger partial charge on any atom is 0.271 e. The van der Waals surface area contributed by atoms with Crippen molar-refractivity contribution in [3.05, 3.63) is 45.4 Å². The fraction of sp³-hybridized carbons (Fsp3) is 0.357. The number of pyridine rings is 1. The maximum absolute atomic E-state index is 11.5. The summed E-state index contributed by atoms with van der Waals surface area (Å²) in [6, 6.07) is 0. The minimum absolute atomic E-state index is 0.234. The quantitative estimate of drug-likeness (QED) is 0.805. The van der Waals surface area contributed by atoms with Crippen LogP contribution in [0.15, 0.2) is 17.2 Å². The number of hydrogen-bond acceptors (Lipinski definition) is 5. The lowest BCUT2D eigenvalue weighted by atomic mass is 10.1. The number of aromatic nitrogens is 3.